The molecule has 1 aromatic heterocycles. The molecule has 3 nitrogen and oxygen atoms in total. The molecule has 0 saturated carbocycles. The molecule has 0 bridgehead atoms. The summed E-state index contributed by atoms with van der Waals surface area (Å²) in [5.74, 6) is -1.12. The number of nitrogens with zero attached hydrogens (tertiary/aromatic N) is 1. The van der Waals surface area contributed by atoms with Gasteiger partial charge in [-0.2, -0.15) is 0 Å². The normalized spacial score (nSPS) is 12.8. The molecule has 0 fully saturated rings. The van der Waals surface area contributed by atoms with Crippen LogP contribution in [-0.2, 0) is 12.8 Å². The summed E-state index contributed by atoms with van der Waals surface area (Å²) >= 11 is 0. The lowest BCUT2D eigenvalue weighted by molar-refractivity contribution is -0.254. The fraction of sp³-hybridized carbons (Fsp3) is 0.111. The number of carbonyl (C=O) groups is 1. The van der Waals surface area contributed by atoms with E-state index in [4.69, 9.17) is 0 Å². The molecule has 3 heteroatoms. The number of hydrogen-bond acceptors (Lipinski definition) is 3. The van der Waals surface area contributed by atoms with E-state index >= 15 is 0 Å². The molecule has 102 valence electrons. The van der Waals surface area contributed by atoms with Gasteiger partial charge in [0.25, 0.3) is 0 Å². The Hall–Kier alpha value is -2.68. The van der Waals surface area contributed by atoms with E-state index in [1.165, 1.54) is 11.1 Å². The van der Waals surface area contributed by atoms with Crippen molar-refractivity contribution in [2.75, 3.05) is 0 Å². The predicted octanol–water partition coefficient (Wildman–Crippen LogP) is 2.09. The van der Waals surface area contributed by atoms with Gasteiger partial charge in [-0.3, -0.25) is 4.98 Å². The Balaban J connectivity index is 2.03. The van der Waals surface area contributed by atoms with Gasteiger partial charge in [0.2, 0.25) is 0 Å². The van der Waals surface area contributed by atoms with Crippen molar-refractivity contribution in [2.45, 2.75) is 12.8 Å². The molecule has 0 amide bonds. The molecule has 0 spiro atoms. The number of pyridine rings is 1. The molecule has 0 N–H and O–H groups in total. The van der Waals surface area contributed by atoms with E-state index < -0.39 is 5.97 Å². The predicted molar refractivity (Wildman–Crippen MR) is 78.1 cm³/mol. The Labute approximate surface area is 121 Å². The van der Waals surface area contributed by atoms with Crippen molar-refractivity contribution < 1.29 is 9.90 Å². The minimum atomic E-state index is -1.12. The lowest BCUT2D eigenvalue weighted by atomic mass is 9.85. The lowest BCUT2D eigenvalue weighted by Gasteiger charge is -2.23. The van der Waals surface area contributed by atoms with Crippen LogP contribution in [0.3, 0.4) is 0 Å². The molecule has 0 aliphatic heterocycles. The third-order valence-corrected chi connectivity index (χ3v) is 4.13. The smallest absolute Gasteiger partial charge is 0.0725 e. The number of aromatic nitrogens is 1. The topological polar surface area (TPSA) is 53.0 Å². The van der Waals surface area contributed by atoms with Crippen LogP contribution in [0.4, 0.5) is 0 Å². The maximum atomic E-state index is 11.7. The fourth-order valence-electron chi connectivity index (χ4n) is 3.15. The molecule has 4 rings (SSSR count). The van der Waals surface area contributed by atoms with E-state index in [1.54, 1.807) is 6.07 Å². The number of carboxylic acid groups (broad SMARTS) is 1. The van der Waals surface area contributed by atoms with Crippen LogP contribution in [-0.4, -0.2) is 11.0 Å². The average Bonchev–Trinajstić information content (AvgIpc) is 2.50. The van der Waals surface area contributed by atoms with Crippen LogP contribution >= 0.6 is 0 Å². The van der Waals surface area contributed by atoms with Gasteiger partial charge in [0.1, 0.15) is 0 Å². The fourth-order valence-corrected chi connectivity index (χ4v) is 3.15. The lowest BCUT2D eigenvalue weighted by Crippen LogP contribution is -2.26. The second-order valence-corrected chi connectivity index (χ2v) is 5.34. The van der Waals surface area contributed by atoms with Gasteiger partial charge in [-0.25, -0.2) is 0 Å². The van der Waals surface area contributed by atoms with E-state index in [0.717, 1.165) is 16.8 Å². The van der Waals surface area contributed by atoms with Crippen LogP contribution in [0.2, 0.25) is 0 Å². The highest BCUT2D eigenvalue weighted by Crippen LogP contribution is 2.31. The monoisotopic (exact) mass is 274 g/mol. The molecule has 0 atom stereocenters. The number of carboxylic acids is 1. The number of benzene rings is 2. The summed E-state index contributed by atoms with van der Waals surface area (Å²) in [7, 11) is 0. The number of hydrogen-bond donors (Lipinski definition) is 0. The number of carbonyl (C=O) groups excluding carboxylic acids is 1. The standard InChI is InChI=1S/C18H13NO2/c20-18(21)17-13-7-3-4-8-15(13)19-16-10-12-6-2-1-5-11(12)9-14(16)17/h1-8H,9-10H2,(H,20,21)/p-1. The average molecular weight is 274 g/mol. The van der Waals surface area contributed by atoms with E-state index in [9.17, 15) is 9.90 Å². The third kappa shape index (κ3) is 1.82. The summed E-state index contributed by atoms with van der Waals surface area (Å²) in [4.78, 5) is 16.3. The first-order valence-corrected chi connectivity index (χ1v) is 6.92. The van der Waals surface area contributed by atoms with Crippen LogP contribution in [0.25, 0.3) is 10.9 Å². The Bertz CT molecular complexity index is 884. The first-order chi connectivity index (χ1) is 10.2. The molecule has 0 saturated heterocycles. The molecule has 1 aliphatic rings. The molecule has 0 unspecified atom stereocenters. The first-order valence-electron chi connectivity index (χ1n) is 6.92. The van der Waals surface area contributed by atoms with Crippen LogP contribution < -0.4 is 5.11 Å². The molecular weight excluding hydrogens is 262 g/mol. The Kier molecular flexibility index (Phi) is 2.54. The highest BCUT2D eigenvalue weighted by Gasteiger charge is 2.21. The van der Waals surface area contributed by atoms with Crippen molar-refractivity contribution in [3.63, 3.8) is 0 Å². The minimum Gasteiger partial charge on any atom is -0.545 e. The van der Waals surface area contributed by atoms with Gasteiger partial charge in [-0.1, -0.05) is 42.5 Å². The van der Waals surface area contributed by atoms with Crippen molar-refractivity contribution in [2.24, 2.45) is 0 Å². The van der Waals surface area contributed by atoms with E-state index in [1.807, 2.05) is 36.4 Å². The summed E-state index contributed by atoms with van der Waals surface area (Å²) in [5, 5.41) is 12.3. The van der Waals surface area contributed by atoms with Crippen molar-refractivity contribution in [3.05, 3.63) is 76.5 Å². The summed E-state index contributed by atoms with van der Waals surface area (Å²) in [6.45, 7) is 0. The van der Waals surface area contributed by atoms with Crippen molar-refractivity contribution in [3.8, 4) is 0 Å². The quantitative estimate of drug-likeness (QED) is 0.534. The first kappa shape index (κ1) is 12.1. The third-order valence-electron chi connectivity index (χ3n) is 4.13. The zero-order valence-corrected chi connectivity index (χ0v) is 11.3. The van der Waals surface area contributed by atoms with Crippen molar-refractivity contribution >= 4 is 16.9 Å². The zero-order valence-electron chi connectivity index (χ0n) is 11.3. The van der Waals surface area contributed by atoms with Gasteiger partial charge in [-0.15, -0.1) is 0 Å². The molecule has 1 heterocycles. The highest BCUT2D eigenvalue weighted by atomic mass is 16.4. The van der Waals surface area contributed by atoms with Crippen molar-refractivity contribution in [1.29, 1.82) is 0 Å². The van der Waals surface area contributed by atoms with Gasteiger partial charge in [-0.05, 0) is 22.8 Å². The summed E-state index contributed by atoms with van der Waals surface area (Å²) in [6, 6.07) is 15.5. The van der Waals surface area contributed by atoms with Crippen LogP contribution in [0.5, 0.6) is 0 Å². The van der Waals surface area contributed by atoms with Crippen LogP contribution in [0, 0.1) is 0 Å². The second kappa shape index (κ2) is 4.42. The van der Waals surface area contributed by atoms with Gasteiger partial charge >= 0.3 is 0 Å². The molecule has 3 aromatic rings. The Morgan fingerprint density at radius 1 is 0.952 bits per heavy atom. The molecule has 2 aromatic carbocycles. The number of aromatic carboxylic acids is 1. The summed E-state index contributed by atoms with van der Waals surface area (Å²) < 4.78 is 0. The zero-order chi connectivity index (χ0) is 14.4. The maximum Gasteiger partial charge on any atom is 0.0725 e. The summed E-state index contributed by atoms with van der Waals surface area (Å²) in [6.07, 6.45) is 1.28. The van der Waals surface area contributed by atoms with E-state index in [-0.39, 0.29) is 0 Å². The Morgan fingerprint density at radius 2 is 1.62 bits per heavy atom. The summed E-state index contributed by atoms with van der Waals surface area (Å²) in [5.41, 5.74) is 5.06. The van der Waals surface area contributed by atoms with Crippen LogP contribution in [0.1, 0.15) is 32.7 Å². The molecule has 1 aliphatic carbocycles. The molecule has 21 heavy (non-hydrogen) atoms. The molecular formula is C18H12NO2-. The largest absolute Gasteiger partial charge is 0.545 e. The van der Waals surface area contributed by atoms with E-state index in [0.29, 0.717) is 23.8 Å². The second-order valence-electron chi connectivity index (χ2n) is 5.34. The molecule has 0 radical (unpaired) electrons. The van der Waals surface area contributed by atoms with Gasteiger partial charge in [0.05, 0.1) is 11.5 Å². The van der Waals surface area contributed by atoms with Gasteiger partial charge in [0, 0.05) is 29.5 Å². The van der Waals surface area contributed by atoms with Gasteiger partial charge < -0.3 is 9.90 Å². The number of fused-ring (bicyclic) bond motifs is 3. The number of para-hydroxylation sites is 1. The van der Waals surface area contributed by atoms with Crippen molar-refractivity contribution in [1.82, 2.24) is 4.98 Å². The van der Waals surface area contributed by atoms with E-state index in [2.05, 4.69) is 11.1 Å². The van der Waals surface area contributed by atoms with Crippen LogP contribution in [0.15, 0.2) is 48.5 Å². The SMILES string of the molecule is O=C([O-])c1c2c(nc3ccccc13)Cc1ccccc1C2. The maximum absolute atomic E-state index is 11.7. The Morgan fingerprint density at radius 3 is 2.38 bits per heavy atom. The number of rotatable bonds is 1. The van der Waals surface area contributed by atoms with Gasteiger partial charge in [0.15, 0.2) is 0 Å². The minimum absolute atomic E-state index is 0.296. The highest BCUT2D eigenvalue weighted by molar-refractivity contribution is 6.03.